The number of amides is 2. The zero-order valence-corrected chi connectivity index (χ0v) is 21.2. The van der Waals surface area contributed by atoms with Gasteiger partial charge >= 0.3 is 0 Å². The maximum atomic E-state index is 13.3. The summed E-state index contributed by atoms with van der Waals surface area (Å²) < 4.78 is 5.19. The number of carbonyl (C=O) groups is 2. The molecule has 1 aromatic heterocycles. The first-order chi connectivity index (χ1) is 17.0. The maximum absolute atomic E-state index is 13.3. The van der Waals surface area contributed by atoms with Crippen LogP contribution < -0.4 is 4.74 Å². The Bertz CT molecular complexity index is 1030. The molecule has 8 heteroatoms. The molecule has 5 rings (SSSR count). The SMILES string of the molecule is COc1ccc(CC(=O)N2CCC(c3nc(C(=O)N4CCC(O)C5CCCCC54)cs3)CC2)cc1. The number of thiazole rings is 1. The van der Waals surface area contributed by atoms with E-state index in [0.717, 1.165) is 67.9 Å². The van der Waals surface area contributed by atoms with Crippen molar-refractivity contribution in [3.8, 4) is 5.75 Å². The van der Waals surface area contributed by atoms with Crippen LogP contribution in [0.25, 0.3) is 0 Å². The summed E-state index contributed by atoms with van der Waals surface area (Å²) in [6, 6.07) is 7.80. The van der Waals surface area contributed by atoms with Crippen molar-refractivity contribution in [2.24, 2.45) is 5.92 Å². The van der Waals surface area contributed by atoms with Crippen molar-refractivity contribution in [1.29, 1.82) is 0 Å². The van der Waals surface area contributed by atoms with Gasteiger partial charge in [-0.25, -0.2) is 4.98 Å². The van der Waals surface area contributed by atoms with E-state index in [9.17, 15) is 14.7 Å². The molecule has 3 aliphatic rings. The molecule has 2 saturated heterocycles. The molecule has 1 saturated carbocycles. The number of ether oxygens (including phenoxy) is 1. The summed E-state index contributed by atoms with van der Waals surface area (Å²) in [5.74, 6) is 1.46. The lowest BCUT2D eigenvalue weighted by Gasteiger charge is -2.46. The minimum absolute atomic E-state index is 0.0170. The van der Waals surface area contributed by atoms with Crippen molar-refractivity contribution >= 4 is 23.2 Å². The fourth-order valence-electron chi connectivity index (χ4n) is 6.01. The molecular formula is C27H35N3O4S. The van der Waals surface area contributed by atoms with E-state index in [-0.39, 0.29) is 35.8 Å². The number of rotatable bonds is 5. The molecule has 0 spiro atoms. The number of aliphatic hydroxyl groups excluding tert-OH is 1. The van der Waals surface area contributed by atoms with Gasteiger partial charge in [-0.1, -0.05) is 25.0 Å². The molecule has 7 nitrogen and oxygen atoms in total. The van der Waals surface area contributed by atoms with Crippen LogP contribution in [0.2, 0.25) is 0 Å². The summed E-state index contributed by atoms with van der Waals surface area (Å²) >= 11 is 1.57. The van der Waals surface area contributed by atoms with Crippen LogP contribution in [0.4, 0.5) is 0 Å². The third-order valence-corrected chi connectivity index (χ3v) is 9.06. The van der Waals surface area contributed by atoms with Gasteiger partial charge in [-0.05, 0) is 49.8 Å². The Morgan fingerprint density at radius 1 is 1.06 bits per heavy atom. The topological polar surface area (TPSA) is 83.0 Å². The highest BCUT2D eigenvalue weighted by Gasteiger charge is 2.41. The normalized spacial score (nSPS) is 25.3. The number of hydrogen-bond acceptors (Lipinski definition) is 6. The molecule has 35 heavy (non-hydrogen) atoms. The average molecular weight is 498 g/mol. The lowest BCUT2D eigenvalue weighted by molar-refractivity contribution is -0.131. The Kier molecular flexibility index (Phi) is 7.39. The summed E-state index contributed by atoms with van der Waals surface area (Å²) in [5, 5.41) is 13.3. The van der Waals surface area contributed by atoms with Gasteiger partial charge in [0.15, 0.2) is 0 Å². The van der Waals surface area contributed by atoms with Gasteiger partial charge in [-0.2, -0.15) is 0 Å². The van der Waals surface area contributed by atoms with Crippen LogP contribution in [-0.4, -0.2) is 70.6 Å². The van der Waals surface area contributed by atoms with Gasteiger partial charge in [0.05, 0.1) is 24.6 Å². The van der Waals surface area contributed by atoms with Crippen molar-refractivity contribution < 1.29 is 19.4 Å². The highest BCUT2D eigenvalue weighted by molar-refractivity contribution is 7.09. The third-order valence-electron chi connectivity index (χ3n) is 8.06. The van der Waals surface area contributed by atoms with Crippen molar-refractivity contribution in [1.82, 2.24) is 14.8 Å². The van der Waals surface area contributed by atoms with Crippen molar-refractivity contribution in [3.63, 3.8) is 0 Å². The smallest absolute Gasteiger partial charge is 0.273 e. The second-order valence-electron chi connectivity index (χ2n) is 10.1. The Balaban J connectivity index is 1.16. The molecule has 3 unspecified atom stereocenters. The Morgan fingerprint density at radius 3 is 2.54 bits per heavy atom. The van der Waals surface area contributed by atoms with Gasteiger partial charge in [0.2, 0.25) is 5.91 Å². The summed E-state index contributed by atoms with van der Waals surface area (Å²) in [6.07, 6.45) is 6.77. The average Bonchev–Trinajstić information content (AvgIpc) is 3.40. The summed E-state index contributed by atoms with van der Waals surface area (Å²) in [5.41, 5.74) is 1.54. The molecule has 3 heterocycles. The lowest BCUT2D eigenvalue weighted by Crippen LogP contribution is -2.54. The summed E-state index contributed by atoms with van der Waals surface area (Å²) in [7, 11) is 1.64. The van der Waals surface area contributed by atoms with E-state index >= 15 is 0 Å². The molecular weight excluding hydrogens is 462 g/mol. The molecule has 0 bridgehead atoms. The van der Waals surface area contributed by atoms with Gasteiger partial charge in [0.25, 0.3) is 5.91 Å². The van der Waals surface area contributed by atoms with Crippen LogP contribution in [0, 0.1) is 5.92 Å². The zero-order valence-electron chi connectivity index (χ0n) is 20.4. The van der Waals surface area contributed by atoms with Crippen LogP contribution in [0.15, 0.2) is 29.6 Å². The molecule has 1 N–H and O–H groups in total. The lowest BCUT2D eigenvalue weighted by atomic mass is 9.76. The summed E-state index contributed by atoms with van der Waals surface area (Å²) in [6.45, 7) is 2.05. The van der Waals surface area contributed by atoms with Crippen LogP contribution in [0.3, 0.4) is 0 Å². The van der Waals surface area contributed by atoms with Crippen molar-refractivity contribution in [2.45, 2.75) is 69.4 Å². The molecule has 2 amide bonds. The number of hydrogen-bond donors (Lipinski definition) is 1. The van der Waals surface area contributed by atoms with Gasteiger partial charge < -0.3 is 19.6 Å². The number of piperidine rings is 2. The van der Waals surface area contributed by atoms with Gasteiger partial charge in [0, 0.05) is 42.9 Å². The minimum Gasteiger partial charge on any atom is -0.497 e. The number of methoxy groups -OCH3 is 1. The molecule has 3 fully saturated rings. The fraction of sp³-hybridized carbons (Fsp3) is 0.593. The number of aromatic nitrogens is 1. The minimum atomic E-state index is -0.284. The maximum Gasteiger partial charge on any atom is 0.273 e. The van der Waals surface area contributed by atoms with E-state index < -0.39 is 0 Å². The van der Waals surface area contributed by atoms with E-state index in [1.54, 1.807) is 18.4 Å². The molecule has 1 aromatic carbocycles. The highest BCUT2D eigenvalue weighted by Crippen LogP contribution is 2.37. The molecule has 2 aliphatic heterocycles. The first-order valence-corrected chi connectivity index (χ1v) is 13.8. The third kappa shape index (κ3) is 5.23. The first kappa shape index (κ1) is 24.3. The van der Waals surface area contributed by atoms with E-state index in [0.29, 0.717) is 25.1 Å². The Morgan fingerprint density at radius 2 is 1.80 bits per heavy atom. The Hall–Kier alpha value is -2.45. The quantitative estimate of drug-likeness (QED) is 0.678. The first-order valence-electron chi connectivity index (χ1n) is 12.9. The van der Waals surface area contributed by atoms with E-state index in [1.165, 1.54) is 0 Å². The highest BCUT2D eigenvalue weighted by atomic mass is 32.1. The van der Waals surface area contributed by atoms with Crippen LogP contribution >= 0.6 is 11.3 Å². The predicted molar refractivity (Wildman–Crippen MR) is 135 cm³/mol. The van der Waals surface area contributed by atoms with Gasteiger partial charge in [-0.3, -0.25) is 9.59 Å². The number of benzene rings is 1. The van der Waals surface area contributed by atoms with Gasteiger partial charge in [-0.15, -0.1) is 11.3 Å². The van der Waals surface area contributed by atoms with Crippen LogP contribution in [0.1, 0.15) is 71.9 Å². The molecule has 1 aliphatic carbocycles. The Labute approximate surface area is 211 Å². The number of likely N-dealkylation sites (tertiary alicyclic amines) is 2. The molecule has 0 radical (unpaired) electrons. The molecule has 3 atom stereocenters. The number of aliphatic hydroxyl groups is 1. The largest absolute Gasteiger partial charge is 0.497 e. The molecule has 188 valence electrons. The predicted octanol–water partition coefficient (Wildman–Crippen LogP) is 3.87. The second kappa shape index (κ2) is 10.7. The summed E-state index contributed by atoms with van der Waals surface area (Å²) in [4.78, 5) is 34.8. The van der Waals surface area contributed by atoms with Crippen LogP contribution in [0.5, 0.6) is 5.75 Å². The monoisotopic (exact) mass is 497 g/mol. The fourth-order valence-corrected chi connectivity index (χ4v) is 6.97. The van der Waals surface area contributed by atoms with Crippen LogP contribution in [-0.2, 0) is 11.2 Å². The second-order valence-corrected chi connectivity index (χ2v) is 11.0. The van der Waals surface area contributed by atoms with Gasteiger partial charge in [0.1, 0.15) is 11.4 Å². The van der Waals surface area contributed by atoms with Crippen molar-refractivity contribution in [3.05, 3.63) is 45.9 Å². The molecule has 2 aromatic rings. The number of fused-ring (bicyclic) bond motifs is 1. The number of nitrogens with zero attached hydrogens (tertiary/aromatic N) is 3. The van der Waals surface area contributed by atoms with E-state index in [2.05, 4.69) is 0 Å². The van der Waals surface area contributed by atoms with E-state index in [1.807, 2.05) is 39.4 Å². The zero-order chi connectivity index (χ0) is 24.4. The number of carbonyl (C=O) groups excluding carboxylic acids is 2. The van der Waals surface area contributed by atoms with Crippen molar-refractivity contribution in [2.75, 3.05) is 26.7 Å². The standard InChI is InChI=1S/C27H35N3O4S/c1-34-20-8-6-18(7-9-20)16-25(32)29-13-10-19(11-14-29)26-28-22(17-35-26)27(33)30-15-12-24(31)21-4-2-3-5-23(21)30/h6-9,17,19,21,23-24,31H,2-5,10-16H2,1H3. The van der Waals surface area contributed by atoms with E-state index in [4.69, 9.17) is 9.72 Å².